The molecule has 0 fully saturated rings. The van der Waals surface area contributed by atoms with E-state index in [0.29, 0.717) is 11.3 Å². The first kappa shape index (κ1) is 11.7. The third-order valence-corrected chi connectivity index (χ3v) is 3.92. The summed E-state index contributed by atoms with van der Waals surface area (Å²) in [4.78, 5) is 0. The van der Waals surface area contributed by atoms with Crippen LogP contribution in [0.1, 0.15) is 50.8 Å². The van der Waals surface area contributed by atoms with E-state index in [1.165, 1.54) is 30.4 Å². The summed E-state index contributed by atoms with van der Waals surface area (Å²) in [7, 11) is 0. The molecule has 0 saturated carbocycles. The van der Waals surface area contributed by atoms with Crippen molar-refractivity contribution in [2.75, 3.05) is 0 Å². The standard InChI is InChI=1S/C15H23N/c1-15(2,3)13-10-6-8-11-7-4-5-9-12(11)14(13)16/h4-5,7,9,13-14H,6,8,10,16H2,1-3H3. The summed E-state index contributed by atoms with van der Waals surface area (Å²) in [6, 6.07) is 8.90. The molecule has 1 aromatic rings. The van der Waals surface area contributed by atoms with Gasteiger partial charge in [0.1, 0.15) is 0 Å². The summed E-state index contributed by atoms with van der Waals surface area (Å²) in [5, 5.41) is 0. The molecule has 2 rings (SSSR count). The molecule has 1 nitrogen and oxygen atoms in total. The largest absolute Gasteiger partial charge is 0.324 e. The SMILES string of the molecule is CC(C)(C)C1CCCc2ccccc2C1N. The fourth-order valence-electron chi connectivity index (χ4n) is 2.97. The second-order valence-corrected chi connectivity index (χ2v) is 6.09. The number of aryl methyl sites for hydroxylation is 1. The van der Waals surface area contributed by atoms with Gasteiger partial charge in [0.05, 0.1) is 0 Å². The van der Waals surface area contributed by atoms with Gasteiger partial charge < -0.3 is 5.73 Å². The van der Waals surface area contributed by atoms with Gasteiger partial charge in [-0.1, -0.05) is 45.0 Å². The van der Waals surface area contributed by atoms with Crippen LogP contribution in [0.25, 0.3) is 0 Å². The molecule has 1 heteroatoms. The number of fused-ring (bicyclic) bond motifs is 1. The van der Waals surface area contributed by atoms with Crippen LogP contribution in [-0.2, 0) is 6.42 Å². The molecule has 1 aliphatic rings. The molecule has 0 saturated heterocycles. The van der Waals surface area contributed by atoms with Crippen molar-refractivity contribution in [2.24, 2.45) is 17.1 Å². The Labute approximate surface area is 99.0 Å². The van der Waals surface area contributed by atoms with E-state index in [1.807, 2.05) is 0 Å². The monoisotopic (exact) mass is 217 g/mol. The molecule has 0 heterocycles. The molecule has 1 aliphatic carbocycles. The van der Waals surface area contributed by atoms with Crippen LogP contribution in [-0.4, -0.2) is 0 Å². The van der Waals surface area contributed by atoms with Gasteiger partial charge >= 0.3 is 0 Å². The quantitative estimate of drug-likeness (QED) is 0.659. The van der Waals surface area contributed by atoms with Crippen molar-refractivity contribution in [3.05, 3.63) is 35.4 Å². The average Bonchev–Trinajstić information content (AvgIpc) is 2.38. The first-order chi connectivity index (χ1) is 7.50. The van der Waals surface area contributed by atoms with Gasteiger partial charge in [-0.15, -0.1) is 0 Å². The molecule has 88 valence electrons. The summed E-state index contributed by atoms with van der Waals surface area (Å²) in [5.74, 6) is 0.594. The molecule has 0 amide bonds. The predicted octanol–water partition coefficient (Wildman–Crippen LogP) is 3.69. The van der Waals surface area contributed by atoms with E-state index in [2.05, 4.69) is 45.0 Å². The van der Waals surface area contributed by atoms with Gasteiger partial charge in [0, 0.05) is 6.04 Å². The Morgan fingerprint density at radius 2 is 1.88 bits per heavy atom. The van der Waals surface area contributed by atoms with Crippen molar-refractivity contribution in [1.29, 1.82) is 0 Å². The van der Waals surface area contributed by atoms with E-state index < -0.39 is 0 Å². The molecule has 2 N–H and O–H groups in total. The minimum absolute atomic E-state index is 0.207. The molecule has 0 aliphatic heterocycles. The number of hydrogen-bond acceptors (Lipinski definition) is 1. The zero-order chi connectivity index (χ0) is 11.8. The van der Waals surface area contributed by atoms with E-state index in [-0.39, 0.29) is 6.04 Å². The zero-order valence-corrected chi connectivity index (χ0v) is 10.7. The summed E-state index contributed by atoms with van der Waals surface area (Å²) >= 11 is 0. The molecule has 0 spiro atoms. The van der Waals surface area contributed by atoms with Crippen LogP contribution in [0.2, 0.25) is 0 Å². The smallest absolute Gasteiger partial charge is 0.0331 e. The van der Waals surface area contributed by atoms with Gasteiger partial charge in [-0.2, -0.15) is 0 Å². The molecule has 2 atom stereocenters. The molecule has 2 unspecified atom stereocenters. The van der Waals surface area contributed by atoms with Crippen LogP contribution in [0.5, 0.6) is 0 Å². The molecule has 1 aromatic carbocycles. The lowest BCUT2D eigenvalue weighted by molar-refractivity contribution is 0.190. The fourth-order valence-corrected chi connectivity index (χ4v) is 2.97. The van der Waals surface area contributed by atoms with Crippen molar-refractivity contribution in [3.63, 3.8) is 0 Å². The van der Waals surface area contributed by atoms with E-state index in [4.69, 9.17) is 5.73 Å². The first-order valence-electron chi connectivity index (χ1n) is 6.33. The maximum Gasteiger partial charge on any atom is 0.0331 e. The van der Waals surface area contributed by atoms with Crippen LogP contribution < -0.4 is 5.73 Å². The van der Waals surface area contributed by atoms with E-state index in [9.17, 15) is 0 Å². The Morgan fingerprint density at radius 1 is 1.19 bits per heavy atom. The van der Waals surface area contributed by atoms with E-state index in [1.54, 1.807) is 0 Å². The van der Waals surface area contributed by atoms with Gasteiger partial charge in [0.25, 0.3) is 0 Å². The second kappa shape index (κ2) is 4.21. The van der Waals surface area contributed by atoms with Crippen molar-refractivity contribution < 1.29 is 0 Å². The summed E-state index contributed by atoms with van der Waals surface area (Å²) in [6.07, 6.45) is 3.71. The van der Waals surface area contributed by atoms with Gasteiger partial charge in [-0.25, -0.2) is 0 Å². The van der Waals surface area contributed by atoms with Gasteiger partial charge in [0.2, 0.25) is 0 Å². The second-order valence-electron chi connectivity index (χ2n) is 6.09. The van der Waals surface area contributed by atoms with Gasteiger partial charge in [-0.05, 0) is 41.7 Å². The maximum absolute atomic E-state index is 6.48. The Hall–Kier alpha value is -0.820. The highest BCUT2D eigenvalue weighted by Gasteiger charge is 2.33. The number of benzene rings is 1. The van der Waals surface area contributed by atoms with Crippen LogP contribution >= 0.6 is 0 Å². The Kier molecular flexibility index (Phi) is 3.07. The minimum atomic E-state index is 0.207. The van der Waals surface area contributed by atoms with E-state index >= 15 is 0 Å². The third kappa shape index (κ3) is 2.15. The molecule has 0 bridgehead atoms. The van der Waals surface area contributed by atoms with E-state index in [0.717, 1.165) is 0 Å². The summed E-state index contributed by atoms with van der Waals surface area (Å²) in [5.41, 5.74) is 9.61. The Morgan fingerprint density at radius 3 is 2.56 bits per heavy atom. The molecular formula is C15H23N. The highest BCUT2D eigenvalue weighted by molar-refractivity contribution is 5.31. The van der Waals surface area contributed by atoms with Crippen LogP contribution in [0.15, 0.2) is 24.3 Å². The minimum Gasteiger partial charge on any atom is -0.324 e. The van der Waals surface area contributed by atoms with Crippen LogP contribution in [0.3, 0.4) is 0 Å². The molecular weight excluding hydrogens is 194 g/mol. The fraction of sp³-hybridized carbons (Fsp3) is 0.600. The highest BCUT2D eigenvalue weighted by atomic mass is 14.7. The molecule has 0 radical (unpaired) electrons. The van der Waals surface area contributed by atoms with Crippen molar-refractivity contribution in [3.8, 4) is 0 Å². The average molecular weight is 217 g/mol. The highest BCUT2D eigenvalue weighted by Crippen LogP contribution is 2.41. The van der Waals surface area contributed by atoms with Gasteiger partial charge in [0.15, 0.2) is 0 Å². The number of rotatable bonds is 0. The third-order valence-electron chi connectivity index (χ3n) is 3.92. The number of hydrogen-bond donors (Lipinski definition) is 1. The topological polar surface area (TPSA) is 26.0 Å². The first-order valence-corrected chi connectivity index (χ1v) is 6.33. The Balaban J connectivity index is 2.37. The zero-order valence-electron chi connectivity index (χ0n) is 10.7. The van der Waals surface area contributed by atoms with Crippen molar-refractivity contribution >= 4 is 0 Å². The Bertz CT molecular complexity index is 362. The number of nitrogens with two attached hydrogens (primary N) is 1. The van der Waals surface area contributed by atoms with Crippen LogP contribution in [0.4, 0.5) is 0 Å². The predicted molar refractivity (Wildman–Crippen MR) is 69.3 cm³/mol. The maximum atomic E-state index is 6.48. The molecule has 0 aromatic heterocycles. The normalized spacial score (nSPS) is 26.0. The van der Waals surface area contributed by atoms with Crippen molar-refractivity contribution in [2.45, 2.75) is 46.1 Å². The molecule has 16 heavy (non-hydrogen) atoms. The summed E-state index contributed by atoms with van der Waals surface area (Å²) in [6.45, 7) is 6.93. The van der Waals surface area contributed by atoms with Crippen molar-refractivity contribution in [1.82, 2.24) is 0 Å². The van der Waals surface area contributed by atoms with Gasteiger partial charge in [-0.3, -0.25) is 0 Å². The lowest BCUT2D eigenvalue weighted by Gasteiger charge is -2.34. The van der Waals surface area contributed by atoms with Crippen LogP contribution in [0, 0.1) is 11.3 Å². The lowest BCUT2D eigenvalue weighted by Crippen LogP contribution is -2.31. The summed E-state index contributed by atoms with van der Waals surface area (Å²) < 4.78 is 0. The lowest BCUT2D eigenvalue weighted by atomic mass is 9.73.